The summed E-state index contributed by atoms with van der Waals surface area (Å²) in [6, 6.07) is -0.0308. The average Bonchev–Trinajstić information content (AvgIpc) is 2.27. The summed E-state index contributed by atoms with van der Waals surface area (Å²) in [7, 11) is 0.132. The van der Waals surface area contributed by atoms with Crippen molar-refractivity contribution >= 4 is 10.2 Å². The van der Waals surface area contributed by atoms with Crippen molar-refractivity contribution in [3.05, 3.63) is 0 Å². The van der Waals surface area contributed by atoms with Crippen LogP contribution in [0.5, 0.6) is 0 Å². The molecule has 0 aliphatic heterocycles. The molecule has 104 valence electrons. The van der Waals surface area contributed by atoms with Gasteiger partial charge in [-0.25, -0.2) is 0 Å². The van der Waals surface area contributed by atoms with Crippen LogP contribution in [-0.4, -0.2) is 45.9 Å². The Morgan fingerprint density at radius 3 is 2.35 bits per heavy atom. The molecule has 2 unspecified atom stereocenters. The van der Waals surface area contributed by atoms with E-state index >= 15 is 0 Å². The van der Waals surface area contributed by atoms with Gasteiger partial charge in [-0.05, 0) is 32.9 Å². The van der Waals surface area contributed by atoms with E-state index in [0.29, 0.717) is 12.5 Å². The molecule has 0 saturated carbocycles. The van der Waals surface area contributed by atoms with Crippen LogP contribution in [0.1, 0.15) is 33.6 Å². The summed E-state index contributed by atoms with van der Waals surface area (Å²) in [6.07, 6.45) is 1.78. The van der Waals surface area contributed by atoms with Crippen molar-refractivity contribution in [1.29, 1.82) is 0 Å². The molecule has 17 heavy (non-hydrogen) atoms. The van der Waals surface area contributed by atoms with E-state index in [2.05, 4.69) is 17.0 Å². The maximum absolute atomic E-state index is 11.9. The van der Waals surface area contributed by atoms with Crippen molar-refractivity contribution in [3.8, 4) is 0 Å². The molecule has 0 amide bonds. The Bertz CT molecular complexity index is 293. The van der Waals surface area contributed by atoms with Crippen molar-refractivity contribution in [2.45, 2.75) is 39.7 Å². The van der Waals surface area contributed by atoms with Gasteiger partial charge >= 0.3 is 0 Å². The first-order valence-electron chi connectivity index (χ1n) is 6.23. The summed E-state index contributed by atoms with van der Waals surface area (Å²) in [5.74, 6) is 0.343. The minimum atomic E-state index is -3.34. The normalized spacial score (nSPS) is 16.1. The molecule has 5 nitrogen and oxygen atoms in total. The van der Waals surface area contributed by atoms with Crippen molar-refractivity contribution in [2.75, 3.05) is 27.2 Å². The monoisotopic (exact) mass is 265 g/mol. The molecule has 0 aromatic carbocycles. The number of nitrogens with one attached hydrogen (secondary N) is 2. The SMILES string of the molecule is CCC(C)C(C)NS(=O)(=O)N(C)CCCNC. The maximum Gasteiger partial charge on any atom is 0.279 e. The number of rotatable bonds is 9. The van der Waals surface area contributed by atoms with Crippen molar-refractivity contribution < 1.29 is 8.42 Å². The third-order valence-electron chi connectivity index (χ3n) is 3.14. The molecule has 0 aromatic heterocycles. The highest BCUT2D eigenvalue weighted by molar-refractivity contribution is 7.87. The molecule has 0 fully saturated rings. The second-order valence-electron chi connectivity index (χ2n) is 4.58. The molecule has 0 saturated heterocycles. The Kier molecular flexibility index (Phi) is 7.94. The minimum absolute atomic E-state index is 0.0308. The second-order valence-corrected chi connectivity index (χ2v) is 6.38. The fourth-order valence-electron chi connectivity index (χ4n) is 1.39. The molecule has 0 spiro atoms. The van der Waals surface area contributed by atoms with E-state index in [1.165, 1.54) is 4.31 Å². The van der Waals surface area contributed by atoms with Crippen LogP contribution in [0.2, 0.25) is 0 Å². The summed E-state index contributed by atoms with van der Waals surface area (Å²) in [4.78, 5) is 0. The summed E-state index contributed by atoms with van der Waals surface area (Å²) in [5.41, 5.74) is 0. The van der Waals surface area contributed by atoms with Crippen LogP contribution in [-0.2, 0) is 10.2 Å². The van der Waals surface area contributed by atoms with Crippen LogP contribution < -0.4 is 10.0 Å². The van der Waals surface area contributed by atoms with Gasteiger partial charge in [0, 0.05) is 19.6 Å². The first kappa shape index (κ1) is 16.8. The van der Waals surface area contributed by atoms with E-state index in [1.54, 1.807) is 7.05 Å². The highest BCUT2D eigenvalue weighted by Crippen LogP contribution is 2.09. The summed E-state index contributed by atoms with van der Waals surface area (Å²) in [5, 5.41) is 3.00. The third kappa shape index (κ3) is 6.35. The van der Waals surface area contributed by atoms with Crippen molar-refractivity contribution in [3.63, 3.8) is 0 Å². The standard InChI is InChI=1S/C11H27N3O2S/c1-6-10(2)11(3)13-17(15,16)14(5)9-7-8-12-4/h10-13H,6-9H2,1-5H3. The summed E-state index contributed by atoms with van der Waals surface area (Å²) >= 11 is 0. The number of nitrogens with zero attached hydrogens (tertiary/aromatic N) is 1. The lowest BCUT2D eigenvalue weighted by atomic mass is 10.0. The van der Waals surface area contributed by atoms with Crippen molar-refractivity contribution in [2.24, 2.45) is 5.92 Å². The van der Waals surface area contributed by atoms with E-state index < -0.39 is 10.2 Å². The first-order chi connectivity index (χ1) is 7.85. The molecular weight excluding hydrogens is 238 g/mol. The predicted molar refractivity (Wildman–Crippen MR) is 72.1 cm³/mol. The Labute approximate surface area is 106 Å². The van der Waals surface area contributed by atoms with Crippen LogP contribution in [0.3, 0.4) is 0 Å². The van der Waals surface area contributed by atoms with Gasteiger partial charge in [0.25, 0.3) is 10.2 Å². The van der Waals surface area contributed by atoms with Gasteiger partial charge in [-0.15, -0.1) is 0 Å². The number of hydrogen-bond donors (Lipinski definition) is 2. The first-order valence-corrected chi connectivity index (χ1v) is 7.67. The Hall–Kier alpha value is -0.170. The molecule has 0 bridgehead atoms. The van der Waals surface area contributed by atoms with E-state index in [1.807, 2.05) is 20.9 Å². The summed E-state index contributed by atoms with van der Waals surface area (Å²) < 4.78 is 28.0. The lowest BCUT2D eigenvalue weighted by molar-refractivity contribution is 0.401. The molecule has 6 heteroatoms. The molecular formula is C11H27N3O2S. The summed E-state index contributed by atoms with van der Waals surface area (Å²) in [6.45, 7) is 7.37. The maximum atomic E-state index is 11.9. The zero-order valence-electron chi connectivity index (χ0n) is 11.7. The average molecular weight is 265 g/mol. The largest absolute Gasteiger partial charge is 0.320 e. The van der Waals surface area contributed by atoms with E-state index in [9.17, 15) is 8.42 Å². The molecule has 2 atom stereocenters. The van der Waals surface area contributed by atoms with Crippen molar-refractivity contribution in [1.82, 2.24) is 14.3 Å². The molecule has 2 N–H and O–H groups in total. The van der Waals surface area contributed by atoms with Crippen LogP contribution in [0.4, 0.5) is 0 Å². The molecule has 0 aliphatic rings. The molecule has 0 radical (unpaired) electrons. The highest BCUT2D eigenvalue weighted by atomic mass is 32.2. The van der Waals surface area contributed by atoms with Gasteiger partial charge in [0.1, 0.15) is 0 Å². The van der Waals surface area contributed by atoms with Gasteiger partial charge in [-0.1, -0.05) is 20.3 Å². The number of hydrogen-bond acceptors (Lipinski definition) is 3. The zero-order valence-corrected chi connectivity index (χ0v) is 12.5. The van der Waals surface area contributed by atoms with E-state index in [-0.39, 0.29) is 6.04 Å². The van der Waals surface area contributed by atoms with Gasteiger partial charge in [-0.3, -0.25) is 0 Å². The smallest absolute Gasteiger partial charge is 0.279 e. The molecule has 0 heterocycles. The van der Waals surface area contributed by atoms with Gasteiger partial charge in [0.15, 0.2) is 0 Å². The third-order valence-corrected chi connectivity index (χ3v) is 4.82. The molecule has 0 aliphatic carbocycles. The van der Waals surface area contributed by atoms with E-state index in [0.717, 1.165) is 19.4 Å². The topological polar surface area (TPSA) is 61.4 Å². The van der Waals surface area contributed by atoms with Crippen LogP contribution >= 0.6 is 0 Å². The predicted octanol–water partition coefficient (Wildman–Crippen LogP) is 0.797. The van der Waals surface area contributed by atoms with Gasteiger partial charge in [-0.2, -0.15) is 17.4 Å². The van der Waals surface area contributed by atoms with Crippen LogP contribution in [0.15, 0.2) is 0 Å². The zero-order chi connectivity index (χ0) is 13.5. The fraction of sp³-hybridized carbons (Fsp3) is 1.00. The lowest BCUT2D eigenvalue weighted by Crippen LogP contribution is -2.45. The van der Waals surface area contributed by atoms with Gasteiger partial charge < -0.3 is 5.32 Å². The van der Waals surface area contributed by atoms with Crippen LogP contribution in [0, 0.1) is 5.92 Å². The van der Waals surface area contributed by atoms with Gasteiger partial charge in [0.2, 0.25) is 0 Å². The quantitative estimate of drug-likeness (QED) is 0.606. The lowest BCUT2D eigenvalue weighted by Gasteiger charge is -2.24. The van der Waals surface area contributed by atoms with E-state index in [4.69, 9.17) is 0 Å². The Morgan fingerprint density at radius 2 is 1.88 bits per heavy atom. The van der Waals surface area contributed by atoms with Crippen LogP contribution in [0.25, 0.3) is 0 Å². The molecule has 0 aromatic rings. The molecule has 0 rings (SSSR count). The Morgan fingerprint density at radius 1 is 1.29 bits per heavy atom. The Balaban J connectivity index is 4.26. The van der Waals surface area contributed by atoms with Gasteiger partial charge in [0.05, 0.1) is 0 Å². The second kappa shape index (κ2) is 8.02. The minimum Gasteiger partial charge on any atom is -0.320 e. The highest BCUT2D eigenvalue weighted by Gasteiger charge is 2.21. The fourth-order valence-corrected chi connectivity index (χ4v) is 2.64.